The molecule has 1 N–H and O–H groups in total. The fraction of sp³-hybridized carbons (Fsp3) is 0.143. The second-order valence-electron chi connectivity index (χ2n) is 6.83. The second-order valence-corrected chi connectivity index (χ2v) is 8.52. The monoisotopic (exact) mass is 433 g/mol. The normalized spacial score (nSPS) is 12.9. The van der Waals surface area contributed by atoms with E-state index in [0.29, 0.717) is 12.2 Å². The van der Waals surface area contributed by atoms with Gasteiger partial charge < -0.3 is 5.11 Å². The van der Waals surface area contributed by atoms with Gasteiger partial charge in [0, 0.05) is 0 Å². The average Bonchev–Trinajstić information content (AvgIpc) is 2.99. The summed E-state index contributed by atoms with van der Waals surface area (Å²) in [6, 6.07) is 17.6. The molecule has 2 aromatic carbocycles. The summed E-state index contributed by atoms with van der Waals surface area (Å²) in [6.07, 6.45) is 0.839. The van der Waals surface area contributed by atoms with E-state index in [2.05, 4.69) is 19.1 Å². The summed E-state index contributed by atoms with van der Waals surface area (Å²) in [5.41, 5.74) is 4.11. The number of para-hydroxylation sites is 2. The van der Waals surface area contributed by atoms with Crippen LogP contribution in [0.5, 0.6) is 0 Å². The van der Waals surface area contributed by atoms with Crippen molar-refractivity contribution in [3.63, 3.8) is 0 Å². The molecule has 0 fully saturated rings. The quantitative estimate of drug-likeness (QED) is 0.222. The van der Waals surface area contributed by atoms with E-state index in [4.69, 9.17) is 14.3 Å². The molecule has 148 valence electrons. The number of fused-ring (bicyclic) bond motifs is 3. The molecule has 0 unspecified atom stereocenters. The first kappa shape index (κ1) is 22.5. The number of rotatable bonds is 4. The van der Waals surface area contributed by atoms with Crippen LogP contribution in [-0.4, -0.2) is 72.0 Å². The first-order chi connectivity index (χ1) is 14.4. The molecule has 0 saturated carbocycles. The van der Waals surface area contributed by atoms with Gasteiger partial charge in [-0.3, -0.25) is 4.79 Å². The number of carbonyl (C=O) groups is 1. The fourth-order valence-electron chi connectivity index (χ4n) is 4.26. The van der Waals surface area contributed by atoms with Gasteiger partial charge >= 0.3 is 192 Å². The van der Waals surface area contributed by atoms with E-state index in [0.717, 1.165) is 28.6 Å². The Morgan fingerprint density at radius 1 is 1.13 bits per heavy atom. The largest absolute Gasteiger partial charge is 0.483 e. The van der Waals surface area contributed by atoms with Crippen molar-refractivity contribution in [2.75, 3.05) is 6.54 Å². The molecule has 0 atom stereocenters. The maximum absolute atomic E-state index is 13.0. The van der Waals surface area contributed by atoms with Crippen LogP contribution in [0.25, 0.3) is 11.1 Å². The van der Waals surface area contributed by atoms with E-state index in [-0.39, 0.29) is 59.9 Å². The average molecular weight is 433 g/mol. The number of carboxylic acid groups (broad SMARTS) is 1. The topological polar surface area (TPSA) is 111 Å². The van der Waals surface area contributed by atoms with Crippen molar-refractivity contribution in [2.45, 2.75) is 13.3 Å². The molecule has 0 spiro atoms. The number of nitro groups is 1. The Kier molecular flexibility index (Phi) is 7.01. The van der Waals surface area contributed by atoms with Crippen molar-refractivity contribution in [1.82, 2.24) is 4.48 Å². The molecule has 0 amide bonds. The van der Waals surface area contributed by atoms with Crippen molar-refractivity contribution >= 4 is 78.0 Å². The molecule has 0 radical (unpaired) electrons. The van der Waals surface area contributed by atoms with E-state index in [9.17, 15) is 14.9 Å². The van der Waals surface area contributed by atoms with Gasteiger partial charge in [0.15, 0.2) is 0 Å². The number of nitrogens with zero attached hydrogens (tertiary/aromatic N) is 2. The van der Waals surface area contributed by atoms with Crippen LogP contribution in [0.15, 0.2) is 63.8 Å². The fourth-order valence-corrected chi connectivity index (χ4v) is 5.56. The van der Waals surface area contributed by atoms with Gasteiger partial charge in [0.05, 0.1) is 0 Å². The first-order valence-corrected chi connectivity index (χ1v) is 10.9. The van der Waals surface area contributed by atoms with Gasteiger partial charge in [-0.15, -0.1) is 0 Å². The molecule has 1 aliphatic rings. The van der Waals surface area contributed by atoms with Crippen LogP contribution in [0.2, 0.25) is 0 Å². The third kappa shape index (κ3) is 3.68. The molecule has 1 aliphatic heterocycles. The van der Waals surface area contributed by atoms with Crippen molar-refractivity contribution < 1.29 is 19.2 Å². The van der Waals surface area contributed by atoms with E-state index < -0.39 is 16.4 Å². The van der Waals surface area contributed by atoms with Crippen molar-refractivity contribution in [1.29, 1.82) is 0 Å². The van der Waals surface area contributed by atoms with Crippen LogP contribution in [0, 0.1) is 10.1 Å². The minimum atomic E-state index is -0.642. The molecule has 9 heteroatoms. The van der Waals surface area contributed by atoms with Gasteiger partial charge in [-0.1, -0.05) is 0 Å². The summed E-state index contributed by atoms with van der Waals surface area (Å²) in [4.78, 5) is 31.8. The molecule has 4 rings (SSSR count). The standard InChI is InChI=1S/C20H16N2O4.CH2O2.K/c1-2-13-22(18-11-12-19(21(24)25)26-20(18)23)16-9-5-3-7-14(16)15-8-4-6-10-17(15)22;2-1-3;/h3-10,12H,2,13H2,1H3;1H,(H,2,3);/q+1;;. The summed E-state index contributed by atoms with van der Waals surface area (Å²) in [5.74, 6) is -0.484. The predicted octanol–water partition coefficient (Wildman–Crippen LogP) is 3.40. The zero-order valence-corrected chi connectivity index (χ0v) is 19.7. The van der Waals surface area contributed by atoms with Crippen LogP contribution < -0.4 is 9.77 Å². The van der Waals surface area contributed by atoms with Gasteiger partial charge in [0.2, 0.25) is 0 Å². The minimum Gasteiger partial charge on any atom is -0.483 e. The van der Waals surface area contributed by atoms with Gasteiger partial charge in [0.25, 0.3) is 6.47 Å². The first-order valence-electron chi connectivity index (χ1n) is 9.37. The molecule has 0 bridgehead atoms. The third-order valence-electron chi connectivity index (χ3n) is 5.15. The molecular formula is C21H18KN2O6+. The summed E-state index contributed by atoms with van der Waals surface area (Å²) in [7, 11) is 0. The Hall–Kier alpha value is -2.14. The number of quaternary nitrogens is 1. The Labute approximate surface area is 206 Å². The summed E-state index contributed by atoms with van der Waals surface area (Å²) < 4.78 is 6.13. The van der Waals surface area contributed by atoms with Crippen molar-refractivity contribution in [3.05, 3.63) is 75.1 Å². The zero-order valence-electron chi connectivity index (χ0n) is 16.6. The second kappa shape index (κ2) is 9.34. The SMILES string of the molecule is CCC[N+]1(c2[c]([K])cc([N+](=O)[O-])oc2=O)c2ccccc2-c2ccccc21.O=CO. The van der Waals surface area contributed by atoms with Crippen LogP contribution in [0.3, 0.4) is 0 Å². The van der Waals surface area contributed by atoms with Crippen molar-refractivity contribution in [3.8, 4) is 11.1 Å². The van der Waals surface area contributed by atoms with Gasteiger partial charge in [-0.25, -0.2) is 0 Å². The maximum Gasteiger partial charge on any atom is 0.290 e. The Balaban J connectivity index is 0.000000806. The van der Waals surface area contributed by atoms with Crippen molar-refractivity contribution in [2.24, 2.45) is 0 Å². The van der Waals surface area contributed by atoms with Crippen LogP contribution >= 0.6 is 0 Å². The van der Waals surface area contributed by atoms with E-state index in [1.165, 1.54) is 6.07 Å². The molecule has 8 nitrogen and oxygen atoms in total. The molecule has 30 heavy (non-hydrogen) atoms. The minimum absolute atomic E-state index is 0.0640. The molecule has 3 aromatic rings. The number of benzene rings is 2. The Morgan fingerprint density at radius 2 is 1.63 bits per heavy atom. The molecule has 0 saturated heterocycles. The van der Waals surface area contributed by atoms with E-state index in [1.54, 1.807) is 0 Å². The zero-order chi connectivity index (χ0) is 21.9. The number of hydrogen-bond acceptors (Lipinski definition) is 5. The van der Waals surface area contributed by atoms with E-state index in [1.807, 2.05) is 36.4 Å². The van der Waals surface area contributed by atoms with E-state index >= 15 is 0 Å². The van der Waals surface area contributed by atoms with Crippen LogP contribution in [0.4, 0.5) is 22.9 Å². The van der Waals surface area contributed by atoms with Crippen LogP contribution in [-0.2, 0) is 4.79 Å². The predicted molar refractivity (Wildman–Crippen MR) is 114 cm³/mol. The Morgan fingerprint density at radius 3 is 2.07 bits per heavy atom. The maximum atomic E-state index is 13.0. The molecule has 1 aromatic heterocycles. The number of hydrogen-bond donors (Lipinski definition) is 1. The molecular weight excluding hydrogens is 415 g/mol. The van der Waals surface area contributed by atoms with Crippen LogP contribution in [0.1, 0.15) is 13.3 Å². The Bertz CT molecular complexity index is 1130. The summed E-state index contributed by atoms with van der Waals surface area (Å²) in [5, 5.41) is 18.0. The molecule has 2 heterocycles. The van der Waals surface area contributed by atoms with Gasteiger partial charge in [-0.2, -0.15) is 0 Å². The third-order valence-corrected chi connectivity index (χ3v) is 6.34. The molecule has 0 aliphatic carbocycles. The van der Waals surface area contributed by atoms with Gasteiger partial charge in [-0.05, 0) is 0 Å². The smallest absolute Gasteiger partial charge is 0.290 e. The van der Waals surface area contributed by atoms with Gasteiger partial charge in [0.1, 0.15) is 0 Å². The summed E-state index contributed by atoms with van der Waals surface area (Å²) in [6.45, 7) is 2.51. The summed E-state index contributed by atoms with van der Waals surface area (Å²) >= 11 is 0.0640.